The Labute approximate surface area is 125 Å². The molecule has 0 aliphatic heterocycles. The summed E-state index contributed by atoms with van der Waals surface area (Å²) in [5.41, 5.74) is 2.83. The summed E-state index contributed by atoms with van der Waals surface area (Å²) < 4.78 is 20.2. The van der Waals surface area contributed by atoms with Gasteiger partial charge < -0.3 is 4.74 Å². The number of hydrogen-bond donors (Lipinski definition) is 0. The smallest absolute Gasteiger partial charge is 0.129 e. The maximum Gasteiger partial charge on any atom is 0.129 e. The summed E-state index contributed by atoms with van der Waals surface area (Å²) in [6, 6.07) is 10.4. The molecule has 4 heteroatoms. The first-order valence-electron chi connectivity index (χ1n) is 6.09. The number of halogens is 2. The van der Waals surface area contributed by atoms with Crippen LogP contribution in [0.4, 0.5) is 4.39 Å². The molecule has 0 aliphatic carbocycles. The number of benzene rings is 2. The molecule has 0 heterocycles. The molecule has 2 aromatic rings. The first-order valence-corrected chi connectivity index (χ1v) is 6.88. The molecule has 0 amide bonds. The van der Waals surface area contributed by atoms with Crippen LogP contribution in [-0.4, -0.2) is 0 Å². The van der Waals surface area contributed by atoms with Gasteiger partial charge in [-0.2, -0.15) is 5.26 Å². The van der Waals surface area contributed by atoms with E-state index in [0.717, 1.165) is 15.6 Å². The van der Waals surface area contributed by atoms with Gasteiger partial charge in [-0.15, -0.1) is 0 Å². The van der Waals surface area contributed by atoms with Crippen molar-refractivity contribution in [2.45, 2.75) is 20.5 Å². The summed E-state index contributed by atoms with van der Waals surface area (Å²) in [5.74, 6) is 0.403. The Morgan fingerprint density at radius 2 is 1.85 bits per heavy atom. The summed E-state index contributed by atoms with van der Waals surface area (Å²) in [6.07, 6.45) is 0. The number of aryl methyl sites for hydroxylation is 2. The van der Waals surface area contributed by atoms with Gasteiger partial charge in [0.15, 0.2) is 0 Å². The van der Waals surface area contributed by atoms with Crippen LogP contribution < -0.4 is 4.74 Å². The molecule has 0 radical (unpaired) electrons. The molecule has 2 nitrogen and oxygen atoms in total. The van der Waals surface area contributed by atoms with E-state index in [9.17, 15) is 4.39 Å². The third kappa shape index (κ3) is 3.17. The molecule has 0 fully saturated rings. The highest BCUT2D eigenvalue weighted by Crippen LogP contribution is 2.26. The van der Waals surface area contributed by atoms with Gasteiger partial charge in [0.05, 0.1) is 11.6 Å². The van der Waals surface area contributed by atoms with Gasteiger partial charge >= 0.3 is 0 Å². The number of rotatable bonds is 3. The molecular formula is C16H13BrFNO. The van der Waals surface area contributed by atoms with Crippen LogP contribution in [0.3, 0.4) is 0 Å². The second-order valence-electron chi connectivity index (χ2n) is 4.58. The van der Waals surface area contributed by atoms with Gasteiger partial charge in [0, 0.05) is 10.0 Å². The normalized spacial score (nSPS) is 10.2. The SMILES string of the molecule is Cc1cc(C#N)cc(C)c1OCc1cc(Br)ccc1F. The zero-order valence-electron chi connectivity index (χ0n) is 11.2. The molecule has 0 aromatic heterocycles. The van der Waals surface area contributed by atoms with E-state index in [-0.39, 0.29) is 12.4 Å². The fourth-order valence-corrected chi connectivity index (χ4v) is 2.45. The second-order valence-corrected chi connectivity index (χ2v) is 5.49. The minimum absolute atomic E-state index is 0.152. The van der Waals surface area contributed by atoms with Gasteiger partial charge in [-0.3, -0.25) is 0 Å². The van der Waals surface area contributed by atoms with E-state index in [0.29, 0.717) is 16.9 Å². The Morgan fingerprint density at radius 3 is 2.45 bits per heavy atom. The minimum Gasteiger partial charge on any atom is -0.488 e. The van der Waals surface area contributed by atoms with E-state index in [1.54, 1.807) is 24.3 Å². The Balaban J connectivity index is 2.23. The van der Waals surface area contributed by atoms with Crippen LogP contribution in [0.25, 0.3) is 0 Å². The maximum absolute atomic E-state index is 13.6. The summed E-state index contributed by atoms with van der Waals surface area (Å²) in [5, 5.41) is 8.91. The zero-order valence-corrected chi connectivity index (χ0v) is 12.8. The lowest BCUT2D eigenvalue weighted by atomic mass is 10.1. The van der Waals surface area contributed by atoms with Gasteiger partial charge in [-0.05, 0) is 55.3 Å². The Kier molecular flexibility index (Phi) is 4.41. The number of nitriles is 1. The standard InChI is InChI=1S/C16H13BrFNO/c1-10-5-12(8-19)6-11(2)16(10)20-9-13-7-14(17)3-4-15(13)18/h3-7H,9H2,1-2H3. The lowest BCUT2D eigenvalue weighted by Gasteiger charge is -2.13. The largest absolute Gasteiger partial charge is 0.488 e. The van der Waals surface area contributed by atoms with Crippen molar-refractivity contribution in [1.29, 1.82) is 5.26 Å². The quantitative estimate of drug-likeness (QED) is 0.818. The van der Waals surface area contributed by atoms with E-state index in [4.69, 9.17) is 10.00 Å². The number of nitrogens with zero attached hydrogens (tertiary/aromatic N) is 1. The van der Waals surface area contributed by atoms with E-state index in [1.807, 2.05) is 13.8 Å². The van der Waals surface area contributed by atoms with Crippen LogP contribution in [0.1, 0.15) is 22.3 Å². The molecule has 0 atom stereocenters. The van der Waals surface area contributed by atoms with Crippen LogP contribution in [0, 0.1) is 31.0 Å². The van der Waals surface area contributed by atoms with Crippen LogP contribution in [0.2, 0.25) is 0 Å². The summed E-state index contributed by atoms with van der Waals surface area (Å²) in [6.45, 7) is 3.90. The van der Waals surface area contributed by atoms with Gasteiger partial charge in [-0.1, -0.05) is 15.9 Å². The van der Waals surface area contributed by atoms with E-state index in [1.165, 1.54) is 6.07 Å². The minimum atomic E-state index is -0.294. The monoisotopic (exact) mass is 333 g/mol. The van der Waals surface area contributed by atoms with Crippen LogP contribution >= 0.6 is 15.9 Å². The van der Waals surface area contributed by atoms with Gasteiger partial charge in [0.1, 0.15) is 18.2 Å². The third-order valence-corrected chi connectivity index (χ3v) is 3.46. The van der Waals surface area contributed by atoms with Crippen molar-refractivity contribution in [3.63, 3.8) is 0 Å². The predicted molar refractivity (Wildman–Crippen MR) is 79.1 cm³/mol. The highest BCUT2D eigenvalue weighted by atomic mass is 79.9. The molecule has 0 saturated carbocycles. The average Bonchev–Trinajstić information content (AvgIpc) is 2.41. The highest BCUT2D eigenvalue weighted by Gasteiger charge is 2.09. The number of ether oxygens (including phenoxy) is 1. The lowest BCUT2D eigenvalue weighted by molar-refractivity contribution is 0.295. The number of hydrogen-bond acceptors (Lipinski definition) is 2. The van der Waals surface area contributed by atoms with Crippen molar-refractivity contribution < 1.29 is 9.13 Å². The molecule has 0 saturated heterocycles. The van der Waals surface area contributed by atoms with Crippen LogP contribution in [0.15, 0.2) is 34.8 Å². The summed E-state index contributed by atoms with van der Waals surface area (Å²) in [4.78, 5) is 0. The van der Waals surface area contributed by atoms with Crippen LogP contribution in [0.5, 0.6) is 5.75 Å². The molecule has 2 aromatic carbocycles. The molecule has 102 valence electrons. The summed E-state index contributed by atoms with van der Waals surface area (Å²) in [7, 11) is 0. The molecule has 0 N–H and O–H groups in total. The molecule has 20 heavy (non-hydrogen) atoms. The van der Waals surface area contributed by atoms with Gasteiger partial charge in [-0.25, -0.2) is 4.39 Å². The fraction of sp³-hybridized carbons (Fsp3) is 0.188. The third-order valence-electron chi connectivity index (χ3n) is 2.97. The lowest BCUT2D eigenvalue weighted by Crippen LogP contribution is -2.01. The first kappa shape index (κ1) is 14.5. The zero-order chi connectivity index (χ0) is 14.7. The van der Waals surface area contributed by atoms with Crippen molar-refractivity contribution >= 4 is 15.9 Å². The first-order chi connectivity index (χ1) is 9.51. The molecule has 0 unspecified atom stereocenters. The van der Waals surface area contributed by atoms with Crippen molar-refractivity contribution in [2.24, 2.45) is 0 Å². The van der Waals surface area contributed by atoms with Crippen molar-refractivity contribution in [2.75, 3.05) is 0 Å². The average molecular weight is 334 g/mol. The van der Waals surface area contributed by atoms with E-state index < -0.39 is 0 Å². The van der Waals surface area contributed by atoms with E-state index >= 15 is 0 Å². The van der Waals surface area contributed by atoms with Crippen LogP contribution in [-0.2, 0) is 6.61 Å². The molecule has 0 bridgehead atoms. The summed E-state index contributed by atoms with van der Waals surface area (Å²) >= 11 is 3.31. The molecular weight excluding hydrogens is 321 g/mol. The van der Waals surface area contributed by atoms with Gasteiger partial charge in [0.2, 0.25) is 0 Å². The Hall–Kier alpha value is -1.86. The second kappa shape index (κ2) is 6.06. The predicted octanol–water partition coefficient (Wildman–Crippen LogP) is 4.66. The van der Waals surface area contributed by atoms with Crippen molar-refractivity contribution in [1.82, 2.24) is 0 Å². The Bertz CT molecular complexity index is 668. The topological polar surface area (TPSA) is 33.0 Å². The Morgan fingerprint density at radius 1 is 1.20 bits per heavy atom. The fourth-order valence-electron chi connectivity index (χ4n) is 2.05. The van der Waals surface area contributed by atoms with Crippen molar-refractivity contribution in [3.05, 3.63) is 62.9 Å². The molecule has 0 aliphatic rings. The molecule has 0 spiro atoms. The molecule has 2 rings (SSSR count). The van der Waals surface area contributed by atoms with Gasteiger partial charge in [0.25, 0.3) is 0 Å². The maximum atomic E-state index is 13.6. The highest BCUT2D eigenvalue weighted by molar-refractivity contribution is 9.10. The van der Waals surface area contributed by atoms with Crippen molar-refractivity contribution in [3.8, 4) is 11.8 Å². The van der Waals surface area contributed by atoms with E-state index in [2.05, 4.69) is 22.0 Å².